The second-order valence-electron chi connectivity index (χ2n) is 2.72. The maximum atomic E-state index is 8.81. The van der Waals surface area contributed by atoms with Crippen molar-refractivity contribution in [1.82, 2.24) is 0 Å². The van der Waals surface area contributed by atoms with Crippen LogP contribution in [0.2, 0.25) is 0 Å². The Bertz CT molecular complexity index is 539. The Labute approximate surface area is 107 Å². The molecule has 0 aliphatic carbocycles. The molecule has 0 unspecified atom stereocenters. The fourth-order valence-electron chi connectivity index (χ4n) is 0.994. The fourth-order valence-corrected chi connectivity index (χ4v) is 1.54. The van der Waals surface area contributed by atoms with Gasteiger partial charge in [-0.2, -0.15) is 15.8 Å². The van der Waals surface area contributed by atoms with Crippen molar-refractivity contribution in [3.8, 4) is 18.2 Å². The molecule has 0 aliphatic heterocycles. The van der Waals surface area contributed by atoms with Crippen molar-refractivity contribution < 1.29 is 0 Å². The summed E-state index contributed by atoms with van der Waals surface area (Å²) in [6, 6.07) is 12.4. The van der Waals surface area contributed by atoms with E-state index in [4.69, 9.17) is 15.8 Å². The molecular formula is C11H5IN4. The fraction of sp³-hybridized carbons (Fsp3) is 0. The predicted molar refractivity (Wildman–Crippen MR) is 66.6 cm³/mol. The standard InChI is InChI=1S/C11H5IN4/c12-9-2-1-3-10(4-9)16-11(7-15)8(5-13)6-14/h1-4,16H. The minimum atomic E-state index is -0.221. The van der Waals surface area contributed by atoms with Gasteiger partial charge in [-0.05, 0) is 40.8 Å². The Morgan fingerprint density at radius 3 is 2.31 bits per heavy atom. The summed E-state index contributed by atoms with van der Waals surface area (Å²) in [6.07, 6.45) is 0. The summed E-state index contributed by atoms with van der Waals surface area (Å²) in [7, 11) is 0. The molecule has 5 heteroatoms. The zero-order valence-electron chi connectivity index (χ0n) is 8.03. The lowest BCUT2D eigenvalue weighted by molar-refractivity contribution is 1.37. The van der Waals surface area contributed by atoms with Gasteiger partial charge in [-0.1, -0.05) is 6.07 Å². The number of hydrogen-bond donors (Lipinski definition) is 1. The molecule has 0 fully saturated rings. The van der Waals surface area contributed by atoms with E-state index in [0.29, 0.717) is 5.69 Å². The molecular weight excluding hydrogens is 315 g/mol. The number of benzene rings is 1. The Morgan fingerprint density at radius 2 is 1.81 bits per heavy atom. The summed E-state index contributed by atoms with van der Waals surface area (Å²) >= 11 is 2.13. The molecule has 0 aliphatic rings. The zero-order valence-corrected chi connectivity index (χ0v) is 10.2. The smallest absolute Gasteiger partial charge is 0.163 e. The highest BCUT2D eigenvalue weighted by Gasteiger charge is 2.05. The predicted octanol–water partition coefficient (Wildman–Crippen LogP) is 2.53. The van der Waals surface area contributed by atoms with Crippen LogP contribution < -0.4 is 5.32 Å². The molecule has 0 saturated heterocycles. The van der Waals surface area contributed by atoms with E-state index in [-0.39, 0.29) is 11.3 Å². The summed E-state index contributed by atoms with van der Waals surface area (Å²) in [4.78, 5) is 0. The number of halogens is 1. The normalized spacial score (nSPS) is 8.12. The molecule has 1 aromatic carbocycles. The molecule has 1 N–H and O–H groups in total. The van der Waals surface area contributed by atoms with Crippen LogP contribution in [-0.2, 0) is 0 Å². The minimum absolute atomic E-state index is 0.0352. The summed E-state index contributed by atoms with van der Waals surface area (Å²) in [5, 5.41) is 28.8. The van der Waals surface area contributed by atoms with E-state index in [0.717, 1.165) is 3.57 Å². The van der Waals surface area contributed by atoms with Crippen LogP contribution in [-0.4, -0.2) is 0 Å². The Morgan fingerprint density at radius 1 is 1.12 bits per heavy atom. The highest BCUT2D eigenvalue weighted by atomic mass is 127. The summed E-state index contributed by atoms with van der Waals surface area (Å²) in [6.45, 7) is 0. The van der Waals surface area contributed by atoms with E-state index in [1.807, 2.05) is 18.2 Å². The van der Waals surface area contributed by atoms with E-state index in [2.05, 4.69) is 27.9 Å². The topological polar surface area (TPSA) is 83.4 Å². The van der Waals surface area contributed by atoms with Crippen LogP contribution in [0.25, 0.3) is 0 Å². The average molecular weight is 320 g/mol. The summed E-state index contributed by atoms with van der Waals surface area (Å²) in [5.41, 5.74) is 0.416. The van der Waals surface area contributed by atoms with Gasteiger partial charge in [0.15, 0.2) is 5.57 Å². The molecule has 0 bridgehead atoms. The van der Waals surface area contributed by atoms with Crippen molar-refractivity contribution in [3.05, 3.63) is 39.1 Å². The van der Waals surface area contributed by atoms with Crippen LogP contribution in [0.1, 0.15) is 0 Å². The van der Waals surface area contributed by atoms with Crippen LogP contribution in [0.15, 0.2) is 35.5 Å². The van der Waals surface area contributed by atoms with Crippen molar-refractivity contribution >= 4 is 28.3 Å². The largest absolute Gasteiger partial charge is 0.345 e. The van der Waals surface area contributed by atoms with E-state index < -0.39 is 0 Å². The molecule has 0 spiro atoms. The highest BCUT2D eigenvalue weighted by molar-refractivity contribution is 14.1. The van der Waals surface area contributed by atoms with Crippen molar-refractivity contribution in [2.75, 3.05) is 5.32 Å². The third-order valence-electron chi connectivity index (χ3n) is 1.68. The molecule has 0 aromatic heterocycles. The van der Waals surface area contributed by atoms with Gasteiger partial charge < -0.3 is 5.32 Å². The van der Waals surface area contributed by atoms with Crippen molar-refractivity contribution in [3.63, 3.8) is 0 Å². The summed E-state index contributed by atoms with van der Waals surface area (Å²) in [5.74, 6) is 0. The third-order valence-corrected chi connectivity index (χ3v) is 2.35. The van der Waals surface area contributed by atoms with Crippen LogP contribution >= 0.6 is 22.6 Å². The number of allylic oxidation sites excluding steroid dienone is 2. The number of nitrogens with zero attached hydrogens (tertiary/aromatic N) is 3. The summed E-state index contributed by atoms with van der Waals surface area (Å²) < 4.78 is 0.996. The lowest BCUT2D eigenvalue weighted by atomic mass is 10.2. The molecule has 1 rings (SSSR count). The van der Waals surface area contributed by atoms with Crippen LogP contribution in [0.3, 0.4) is 0 Å². The molecule has 0 heterocycles. The first-order valence-corrected chi connectivity index (χ1v) is 5.26. The lowest BCUT2D eigenvalue weighted by Gasteiger charge is -2.04. The molecule has 16 heavy (non-hydrogen) atoms. The van der Waals surface area contributed by atoms with Gasteiger partial charge in [-0.25, -0.2) is 0 Å². The highest BCUT2D eigenvalue weighted by Crippen LogP contribution is 2.15. The van der Waals surface area contributed by atoms with Gasteiger partial charge in [0.05, 0.1) is 0 Å². The Hall–Kier alpha value is -2.04. The van der Waals surface area contributed by atoms with Gasteiger partial charge in [0, 0.05) is 9.26 Å². The van der Waals surface area contributed by atoms with Gasteiger partial charge in [0.25, 0.3) is 0 Å². The molecule has 0 atom stereocenters. The maximum absolute atomic E-state index is 8.81. The van der Waals surface area contributed by atoms with E-state index in [1.165, 1.54) is 0 Å². The first-order valence-electron chi connectivity index (χ1n) is 4.18. The zero-order chi connectivity index (χ0) is 12.0. The van der Waals surface area contributed by atoms with Crippen molar-refractivity contribution in [2.45, 2.75) is 0 Å². The second kappa shape index (κ2) is 5.75. The number of anilines is 1. The maximum Gasteiger partial charge on any atom is 0.163 e. The van der Waals surface area contributed by atoms with Crippen molar-refractivity contribution in [1.29, 1.82) is 15.8 Å². The number of hydrogen-bond acceptors (Lipinski definition) is 4. The van der Waals surface area contributed by atoms with Crippen LogP contribution in [0.4, 0.5) is 5.69 Å². The quantitative estimate of drug-likeness (QED) is 0.670. The van der Waals surface area contributed by atoms with Crippen LogP contribution in [0, 0.1) is 37.6 Å². The van der Waals surface area contributed by atoms with Gasteiger partial charge in [-0.15, -0.1) is 0 Å². The number of rotatable bonds is 2. The molecule has 0 saturated carbocycles. The molecule has 0 radical (unpaired) electrons. The van der Waals surface area contributed by atoms with Gasteiger partial charge in [0.2, 0.25) is 0 Å². The van der Waals surface area contributed by atoms with Crippen LogP contribution in [0.5, 0.6) is 0 Å². The van der Waals surface area contributed by atoms with E-state index in [1.54, 1.807) is 24.3 Å². The van der Waals surface area contributed by atoms with Gasteiger partial charge in [0.1, 0.15) is 23.9 Å². The molecule has 76 valence electrons. The van der Waals surface area contributed by atoms with Gasteiger partial charge >= 0.3 is 0 Å². The minimum Gasteiger partial charge on any atom is -0.345 e. The first kappa shape index (κ1) is 12.0. The van der Waals surface area contributed by atoms with Crippen molar-refractivity contribution in [2.24, 2.45) is 0 Å². The molecule has 0 amide bonds. The number of nitrogens with one attached hydrogen (secondary N) is 1. The van der Waals surface area contributed by atoms with E-state index >= 15 is 0 Å². The van der Waals surface area contributed by atoms with Gasteiger partial charge in [-0.3, -0.25) is 0 Å². The third kappa shape index (κ3) is 2.98. The molecule has 4 nitrogen and oxygen atoms in total. The second-order valence-corrected chi connectivity index (χ2v) is 3.97. The monoisotopic (exact) mass is 320 g/mol. The first-order chi connectivity index (χ1) is 7.71. The average Bonchev–Trinajstić information content (AvgIpc) is 2.29. The molecule has 1 aromatic rings. The SMILES string of the molecule is N#CC(C#N)=C(C#N)Nc1cccc(I)c1. The Balaban J connectivity index is 3.07. The van der Waals surface area contributed by atoms with E-state index in [9.17, 15) is 0 Å². The Kier molecular flexibility index (Phi) is 4.32. The number of nitriles is 3. The lowest BCUT2D eigenvalue weighted by Crippen LogP contribution is -2.00.